The van der Waals surface area contributed by atoms with Gasteiger partial charge in [0.2, 0.25) is 5.91 Å². The Balaban J connectivity index is 0.00000264. The van der Waals surface area contributed by atoms with Crippen molar-refractivity contribution in [1.29, 1.82) is 0 Å². The van der Waals surface area contributed by atoms with E-state index in [4.69, 9.17) is 27.9 Å². The molecule has 1 heterocycles. The van der Waals surface area contributed by atoms with Gasteiger partial charge in [-0.15, -0.1) is 12.4 Å². The number of nitrogens with one attached hydrogen (secondary N) is 1. The van der Waals surface area contributed by atoms with Crippen LogP contribution < -0.4 is 10.1 Å². The number of rotatable bonds is 8. The number of carbonyl (C=O) groups is 1. The van der Waals surface area contributed by atoms with Crippen LogP contribution in [0.25, 0.3) is 0 Å². The van der Waals surface area contributed by atoms with Gasteiger partial charge in [0.15, 0.2) is 5.75 Å². The number of hydrogen-bond donors (Lipinski definition) is 1. The van der Waals surface area contributed by atoms with Crippen LogP contribution >= 0.6 is 35.6 Å². The zero-order valence-electron chi connectivity index (χ0n) is 13.2. The molecule has 0 radical (unpaired) electrons. The van der Waals surface area contributed by atoms with Crippen molar-refractivity contribution in [3.8, 4) is 5.75 Å². The second-order valence-corrected chi connectivity index (χ2v) is 6.15. The van der Waals surface area contributed by atoms with Crippen LogP contribution in [0.5, 0.6) is 5.75 Å². The Morgan fingerprint density at radius 3 is 2.57 bits per heavy atom. The maximum atomic E-state index is 11.5. The van der Waals surface area contributed by atoms with Crippen molar-refractivity contribution in [2.75, 3.05) is 26.2 Å². The van der Waals surface area contributed by atoms with Crippen LogP contribution in [0.2, 0.25) is 10.0 Å². The predicted molar refractivity (Wildman–Crippen MR) is 97.0 cm³/mol. The minimum absolute atomic E-state index is 0. The van der Waals surface area contributed by atoms with Gasteiger partial charge in [0.25, 0.3) is 0 Å². The van der Waals surface area contributed by atoms with Gasteiger partial charge in [0.1, 0.15) is 0 Å². The highest BCUT2D eigenvalue weighted by Crippen LogP contribution is 2.34. The molecule has 0 unspecified atom stereocenters. The Labute approximate surface area is 153 Å². The van der Waals surface area contributed by atoms with Crippen molar-refractivity contribution in [3.63, 3.8) is 0 Å². The molecule has 2 rings (SSSR count). The summed E-state index contributed by atoms with van der Waals surface area (Å²) in [6.45, 7) is 5.71. The van der Waals surface area contributed by atoms with Crippen LogP contribution in [0, 0.1) is 0 Å². The number of halogens is 3. The number of amides is 1. The van der Waals surface area contributed by atoms with Gasteiger partial charge in [0.05, 0.1) is 16.7 Å². The molecular formula is C16H23Cl3N2O2. The van der Waals surface area contributed by atoms with Gasteiger partial charge in [-0.25, -0.2) is 0 Å². The number of carbonyl (C=O) groups excluding carboxylic acids is 1. The van der Waals surface area contributed by atoms with Crippen LogP contribution in [-0.2, 0) is 11.3 Å². The van der Waals surface area contributed by atoms with Crippen LogP contribution in [0.3, 0.4) is 0 Å². The van der Waals surface area contributed by atoms with Crippen LogP contribution in [-0.4, -0.2) is 37.0 Å². The Hall–Kier alpha value is -0.680. The molecular weight excluding hydrogens is 359 g/mol. The largest absolute Gasteiger partial charge is 0.491 e. The number of ether oxygens (including phenoxy) is 1. The van der Waals surface area contributed by atoms with Crippen molar-refractivity contribution in [2.24, 2.45) is 0 Å². The first-order chi connectivity index (χ1) is 10.6. The lowest BCUT2D eigenvalue weighted by Crippen LogP contribution is -2.28. The van der Waals surface area contributed by atoms with Gasteiger partial charge in [-0.1, -0.05) is 23.2 Å². The fourth-order valence-corrected chi connectivity index (χ4v) is 3.21. The number of benzene rings is 1. The van der Waals surface area contributed by atoms with Crippen LogP contribution in [0.1, 0.15) is 31.7 Å². The van der Waals surface area contributed by atoms with Crippen molar-refractivity contribution >= 4 is 41.5 Å². The van der Waals surface area contributed by atoms with E-state index in [2.05, 4.69) is 5.32 Å². The summed E-state index contributed by atoms with van der Waals surface area (Å²) in [7, 11) is 0. The lowest BCUT2D eigenvalue weighted by Gasteiger charge is -2.15. The van der Waals surface area contributed by atoms with Crippen molar-refractivity contribution in [1.82, 2.24) is 10.2 Å². The lowest BCUT2D eigenvalue weighted by atomic mass is 10.2. The van der Waals surface area contributed by atoms with Gasteiger partial charge in [-0.3, -0.25) is 4.79 Å². The standard InChI is InChI=1S/C16H22Cl2N2O2.ClH/c1-2-22-16-13(17)9-12(10-14(16)18)11-19-6-4-8-20-7-3-5-15(20)21;/h9-10,19H,2-8,11H2,1H3;1H. The first-order valence-electron chi connectivity index (χ1n) is 7.71. The topological polar surface area (TPSA) is 41.6 Å². The Morgan fingerprint density at radius 2 is 2.00 bits per heavy atom. The molecule has 0 spiro atoms. The highest BCUT2D eigenvalue weighted by Gasteiger charge is 2.18. The van der Waals surface area contributed by atoms with E-state index in [1.54, 1.807) is 0 Å². The van der Waals surface area contributed by atoms with E-state index in [-0.39, 0.29) is 18.3 Å². The third kappa shape index (κ3) is 6.03. The SMILES string of the molecule is CCOc1c(Cl)cc(CNCCCN2CCCC2=O)cc1Cl.Cl. The van der Waals surface area contributed by atoms with Crippen LogP contribution in [0.4, 0.5) is 0 Å². The molecule has 23 heavy (non-hydrogen) atoms. The molecule has 1 aliphatic heterocycles. The molecule has 0 bridgehead atoms. The van der Waals surface area contributed by atoms with E-state index < -0.39 is 0 Å². The molecule has 4 nitrogen and oxygen atoms in total. The summed E-state index contributed by atoms with van der Waals surface area (Å²) in [6.07, 6.45) is 2.65. The summed E-state index contributed by atoms with van der Waals surface area (Å²) < 4.78 is 5.41. The minimum Gasteiger partial charge on any atom is -0.491 e. The summed E-state index contributed by atoms with van der Waals surface area (Å²) in [6, 6.07) is 3.74. The average molecular weight is 382 g/mol. The Morgan fingerprint density at radius 1 is 1.30 bits per heavy atom. The summed E-state index contributed by atoms with van der Waals surface area (Å²) in [4.78, 5) is 13.4. The van der Waals surface area contributed by atoms with Gasteiger partial charge in [-0.2, -0.15) is 0 Å². The Kier molecular flexibility index (Phi) is 9.07. The molecule has 1 amide bonds. The fourth-order valence-electron chi connectivity index (χ4n) is 2.56. The highest BCUT2D eigenvalue weighted by atomic mass is 35.5. The molecule has 1 aliphatic rings. The van der Waals surface area contributed by atoms with Gasteiger partial charge < -0.3 is 15.0 Å². The van der Waals surface area contributed by atoms with E-state index in [1.807, 2.05) is 24.0 Å². The molecule has 1 fully saturated rings. The van der Waals surface area contributed by atoms with Gasteiger partial charge in [-0.05, 0) is 44.0 Å². The predicted octanol–water partition coefficient (Wildman–Crippen LogP) is 3.92. The first kappa shape index (κ1) is 20.4. The third-order valence-corrected chi connectivity index (χ3v) is 4.19. The minimum atomic E-state index is 0. The van der Waals surface area contributed by atoms with E-state index >= 15 is 0 Å². The van der Waals surface area contributed by atoms with E-state index in [9.17, 15) is 4.79 Å². The maximum Gasteiger partial charge on any atom is 0.222 e. The molecule has 1 aromatic carbocycles. The lowest BCUT2D eigenvalue weighted by molar-refractivity contribution is -0.127. The molecule has 0 saturated carbocycles. The monoisotopic (exact) mass is 380 g/mol. The molecule has 130 valence electrons. The highest BCUT2D eigenvalue weighted by molar-refractivity contribution is 6.37. The van der Waals surface area contributed by atoms with Gasteiger partial charge in [0, 0.05) is 26.1 Å². The van der Waals surface area contributed by atoms with E-state index in [0.29, 0.717) is 35.4 Å². The summed E-state index contributed by atoms with van der Waals surface area (Å²) in [5, 5.41) is 4.42. The number of likely N-dealkylation sites (tertiary alicyclic amines) is 1. The molecule has 0 atom stereocenters. The van der Waals surface area contributed by atoms with E-state index in [1.165, 1.54) is 0 Å². The number of hydrogen-bond acceptors (Lipinski definition) is 3. The maximum absolute atomic E-state index is 11.5. The molecule has 1 saturated heterocycles. The third-order valence-electron chi connectivity index (χ3n) is 3.63. The second kappa shape index (κ2) is 10.2. The van der Waals surface area contributed by atoms with Crippen molar-refractivity contribution in [3.05, 3.63) is 27.7 Å². The van der Waals surface area contributed by atoms with Gasteiger partial charge >= 0.3 is 0 Å². The molecule has 7 heteroatoms. The normalized spacial score (nSPS) is 14.0. The summed E-state index contributed by atoms with van der Waals surface area (Å²) >= 11 is 12.3. The average Bonchev–Trinajstić information content (AvgIpc) is 2.88. The number of nitrogens with zero attached hydrogens (tertiary/aromatic N) is 1. The molecule has 1 aromatic rings. The summed E-state index contributed by atoms with van der Waals surface area (Å²) in [5.41, 5.74) is 1.02. The first-order valence-corrected chi connectivity index (χ1v) is 8.46. The zero-order chi connectivity index (χ0) is 15.9. The van der Waals surface area contributed by atoms with Crippen molar-refractivity contribution < 1.29 is 9.53 Å². The fraction of sp³-hybridized carbons (Fsp3) is 0.562. The quantitative estimate of drug-likeness (QED) is 0.694. The van der Waals surface area contributed by atoms with Crippen LogP contribution in [0.15, 0.2) is 12.1 Å². The zero-order valence-corrected chi connectivity index (χ0v) is 15.6. The molecule has 0 aliphatic carbocycles. The smallest absolute Gasteiger partial charge is 0.222 e. The Bertz CT molecular complexity index is 503. The molecule has 0 aromatic heterocycles. The van der Waals surface area contributed by atoms with E-state index in [0.717, 1.165) is 38.0 Å². The second-order valence-electron chi connectivity index (χ2n) is 5.34. The summed E-state index contributed by atoms with van der Waals surface area (Å²) in [5.74, 6) is 0.826. The molecule has 1 N–H and O–H groups in total. The van der Waals surface area contributed by atoms with Crippen molar-refractivity contribution in [2.45, 2.75) is 32.7 Å².